The lowest BCUT2D eigenvalue weighted by Gasteiger charge is -2.13. The number of benzene rings is 2. The van der Waals surface area contributed by atoms with Crippen molar-refractivity contribution in [3.8, 4) is 17.0 Å². The van der Waals surface area contributed by atoms with Crippen molar-refractivity contribution in [2.75, 3.05) is 19.0 Å². The van der Waals surface area contributed by atoms with Crippen LogP contribution in [0.2, 0.25) is 5.02 Å². The normalized spacial score (nSPS) is 11.1. The van der Waals surface area contributed by atoms with Crippen LogP contribution in [-0.4, -0.2) is 39.3 Å². The average Bonchev–Trinajstić information content (AvgIpc) is 3.14. The number of ether oxygens (including phenoxy) is 1. The quantitative estimate of drug-likeness (QED) is 0.297. The molecule has 0 aliphatic carbocycles. The number of nitrogens with zero attached hydrogens (tertiary/aromatic N) is 3. The molecule has 0 saturated heterocycles. The molecule has 2 aromatic carbocycles. The van der Waals surface area contributed by atoms with Gasteiger partial charge in [-0.25, -0.2) is 19.2 Å². The summed E-state index contributed by atoms with van der Waals surface area (Å²) in [4.78, 5) is 20.3. The topological polar surface area (TPSA) is 89.3 Å². The molecule has 35 heavy (non-hydrogen) atoms. The summed E-state index contributed by atoms with van der Waals surface area (Å²) in [6.45, 7) is 5.16. The minimum atomic E-state index is -1.04. The zero-order chi connectivity index (χ0) is 25.1. The van der Waals surface area contributed by atoms with Gasteiger partial charge in [-0.2, -0.15) is 0 Å². The van der Waals surface area contributed by atoms with E-state index in [0.717, 1.165) is 28.6 Å². The third-order valence-corrected chi connectivity index (χ3v) is 6.21. The Morgan fingerprint density at radius 2 is 2.03 bits per heavy atom. The number of carboxylic acids is 1. The van der Waals surface area contributed by atoms with Crippen LogP contribution in [0.4, 0.5) is 10.2 Å². The maximum absolute atomic E-state index is 14.1. The van der Waals surface area contributed by atoms with Gasteiger partial charge in [0.05, 0.1) is 28.9 Å². The fourth-order valence-electron chi connectivity index (χ4n) is 4.34. The zero-order valence-electron chi connectivity index (χ0n) is 19.7. The molecule has 0 fully saturated rings. The number of nitrogens with one attached hydrogen (secondary N) is 1. The summed E-state index contributed by atoms with van der Waals surface area (Å²) >= 11 is 6.31. The third kappa shape index (κ3) is 4.93. The number of hydrogen-bond donors (Lipinski definition) is 2. The molecule has 0 unspecified atom stereocenters. The number of aromatic carboxylic acids is 1. The van der Waals surface area contributed by atoms with Crippen molar-refractivity contribution >= 4 is 34.3 Å². The van der Waals surface area contributed by atoms with Gasteiger partial charge in [-0.3, -0.25) is 0 Å². The highest BCUT2D eigenvalue weighted by atomic mass is 35.5. The van der Waals surface area contributed by atoms with Crippen LogP contribution in [0, 0.1) is 12.7 Å². The SMILES string of the molecule is CCCc1cc(-c2cc(NCCn3c(C)cc4c(OC)c(F)ccc43)ncn2)cc(Cl)c1C(=O)O. The predicted molar refractivity (Wildman–Crippen MR) is 135 cm³/mol. The van der Waals surface area contributed by atoms with Crippen LogP contribution in [-0.2, 0) is 13.0 Å². The van der Waals surface area contributed by atoms with Crippen LogP contribution in [0.1, 0.15) is 35.0 Å². The van der Waals surface area contributed by atoms with E-state index in [9.17, 15) is 14.3 Å². The number of halogens is 2. The highest BCUT2D eigenvalue weighted by molar-refractivity contribution is 6.34. The van der Waals surface area contributed by atoms with E-state index >= 15 is 0 Å². The number of methoxy groups -OCH3 is 1. The smallest absolute Gasteiger partial charge is 0.337 e. The molecule has 0 spiro atoms. The lowest BCUT2D eigenvalue weighted by molar-refractivity contribution is 0.0696. The molecule has 0 atom stereocenters. The Kier molecular flexibility index (Phi) is 7.21. The van der Waals surface area contributed by atoms with Crippen LogP contribution in [0.3, 0.4) is 0 Å². The first kappa shape index (κ1) is 24.5. The van der Waals surface area contributed by atoms with E-state index < -0.39 is 5.97 Å². The van der Waals surface area contributed by atoms with Crippen LogP contribution in [0.5, 0.6) is 5.75 Å². The Bertz CT molecular complexity index is 1400. The van der Waals surface area contributed by atoms with E-state index in [-0.39, 0.29) is 22.2 Å². The summed E-state index contributed by atoms with van der Waals surface area (Å²) < 4.78 is 21.4. The third-order valence-electron chi connectivity index (χ3n) is 5.91. The zero-order valence-corrected chi connectivity index (χ0v) is 20.5. The number of anilines is 1. The summed E-state index contributed by atoms with van der Waals surface area (Å²) in [6, 6.07) is 10.3. The average molecular weight is 497 g/mol. The lowest BCUT2D eigenvalue weighted by Crippen LogP contribution is -2.12. The second-order valence-corrected chi connectivity index (χ2v) is 8.62. The van der Waals surface area contributed by atoms with Crippen molar-refractivity contribution in [2.45, 2.75) is 33.2 Å². The molecule has 182 valence electrons. The van der Waals surface area contributed by atoms with Gasteiger partial charge in [-0.1, -0.05) is 24.9 Å². The van der Waals surface area contributed by atoms with E-state index in [4.69, 9.17) is 16.3 Å². The standard InChI is InChI=1S/C26H26ClFN4O3/c1-4-5-16-11-17(12-19(27)24(16)26(33)34)21-13-23(31-14-30-21)29-8-9-32-15(2)10-18-22(32)7-6-20(28)25(18)35-3/h6-7,10-14H,4-5,8-9H2,1-3H3,(H,33,34)(H,29,30,31). The van der Waals surface area contributed by atoms with Crippen molar-refractivity contribution < 1.29 is 19.0 Å². The first-order valence-corrected chi connectivity index (χ1v) is 11.7. The van der Waals surface area contributed by atoms with Gasteiger partial charge in [-0.05, 0) is 49.2 Å². The van der Waals surface area contributed by atoms with Gasteiger partial charge in [0.1, 0.15) is 12.1 Å². The van der Waals surface area contributed by atoms with Crippen molar-refractivity contribution in [2.24, 2.45) is 0 Å². The highest BCUT2D eigenvalue weighted by Gasteiger charge is 2.17. The molecule has 0 aliphatic heterocycles. The summed E-state index contributed by atoms with van der Waals surface area (Å²) in [5.41, 5.74) is 4.07. The van der Waals surface area contributed by atoms with Gasteiger partial charge in [0.25, 0.3) is 0 Å². The first-order chi connectivity index (χ1) is 16.8. The number of carboxylic acid groups (broad SMARTS) is 1. The molecule has 0 radical (unpaired) electrons. The Morgan fingerprint density at radius 3 is 2.74 bits per heavy atom. The van der Waals surface area contributed by atoms with Gasteiger partial charge >= 0.3 is 5.97 Å². The van der Waals surface area contributed by atoms with Crippen molar-refractivity contribution in [1.29, 1.82) is 0 Å². The lowest BCUT2D eigenvalue weighted by atomic mass is 9.98. The molecule has 2 aromatic heterocycles. The summed E-state index contributed by atoms with van der Waals surface area (Å²) in [5, 5.41) is 13.8. The fraction of sp³-hybridized carbons (Fsp3) is 0.269. The van der Waals surface area contributed by atoms with Crippen LogP contribution >= 0.6 is 11.6 Å². The predicted octanol–water partition coefficient (Wildman–Crippen LogP) is 5.97. The Morgan fingerprint density at radius 1 is 1.23 bits per heavy atom. The number of rotatable bonds is 9. The Balaban J connectivity index is 1.55. The van der Waals surface area contributed by atoms with Crippen LogP contribution in [0.25, 0.3) is 22.2 Å². The maximum Gasteiger partial charge on any atom is 0.337 e. The maximum atomic E-state index is 14.1. The second-order valence-electron chi connectivity index (χ2n) is 8.21. The van der Waals surface area contributed by atoms with Crippen molar-refractivity contribution in [3.63, 3.8) is 0 Å². The largest absolute Gasteiger partial charge is 0.493 e. The molecule has 2 heterocycles. The fourth-order valence-corrected chi connectivity index (χ4v) is 4.66. The van der Waals surface area contributed by atoms with Crippen LogP contribution < -0.4 is 10.1 Å². The Labute approximate surface area is 207 Å². The molecule has 0 bridgehead atoms. The van der Waals surface area contributed by atoms with E-state index in [1.807, 2.05) is 26.0 Å². The van der Waals surface area contributed by atoms with Crippen molar-refractivity contribution in [3.05, 3.63) is 70.4 Å². The van der Waals surface area contributed by atoms with E-state index in [1.54, 1.807) is 18.2 Å². The number of aromatic nitrogens is 3. The molecule has 0 amide bonds. The number of aryl methyl sites for hydroxylation is 2. The summed E-state index contributed by atoms with van der Waals surface area (Å²) in [5.74, 6) is -0.554. The molecule has 2 N–H and O–H groups in total. The number of fused-ring (bicyclic) bond motifs is 1. The van der Waals surface area contributed by atoms with Gasteiger partial charge in [-0.15, -0.1) is 0 Å². The molecule has 7 nitrogen and oxygen atoms in total. The monoisotopic (exact) mass is 496 g/mol. The minimum Gasteiger partial charge on any atom is -0.493 e. The number of hydrogen-bond acceptors (Lipinski definition) is 5. The summed E-state index contributed by atoms with van der Waals surface area (Å²) in [7, 11) is 1.46. The molecular formula is C26H26ClFN4O3. The number of carbonyl (C=O) groups is 1. The van der Waals surface area contributed by atoms with E-state index in [0.29, 0.717) is 36.6 Å². The minimum absolute atomic E-state index is 0.135. The molecule has 0 saturated carbocycles. The first-order valence-electron chi connectivity index (χ1n) is 11.3. The van der Waals surface area contributed by atoms with Crippen LogP contribution in [0.15, 0.2) is 42.7 Å². The second kappa shape index (κ2) is 10.3. The Hall–Kier alpha value is -3.65. The van der Waals surface area contributed by atoms with Crippen molar-refractivity contribution in [1.82, 2.24) is 14.5 Å². The van der Waals surface area contributed by atoms with Gasteiger partial charge in [0.15, 0.2) is 11.6 Å². The molecule has 4 rings (SSSR count). The van der Waals surface area contributed by atoms with E-state index in [1.165, 1.54) is 19.5 Å². The summed E-state index contributed by atoms with van der Waals surface area (Å²) in [6.07, 6.45) is 2.85. The highest BCUT2D eigenvalue weighted by Crippen LogP contribution is 2.32. The molecular weight excluding hydrogens is 471 g/mol. The van der Waals surface area contributed by atoms with Gasteiger partial charge < -0.3 is 19.7 Å². The van der Waals surface area contributed by atoms with Gasteiger partial charge in [0, 0.05) is 35.8 Å². The molecule has 4 aromatic rings. The molecule has 9 heteroatoms. The van der Waals surface area contributed by atoms with E-state index in [2.05, 4.69) is 19.9 Å². The molecule has 0 aliphatic rings. The van der Waals surface area contributed by atoms with Gasteiger partial charge in [0.2, 0.25) is 0 Å².